The number of nitrogens with zero attached hydrogens (tertiary/aromatic N) is 6. The molecule has 2 bridgehead atoms. The first-order valence-electron chi connectivity index (χ1n) is 11.1. The van der Waals surface area contributed by atoms with Crippen LogP contribution in [0.1, 0.15) is 38.1 Å². The quantitative estimate of drug-likeness (QED) is 0.539. The van der Waals surface area contributed by atoms with E-state index < -0.39 is 5.60 Å². The van der Waals surface area contributed by atoms with Crippen molar-refractivity contribution in [2.75, 3.05) is 18.1 Å². The lowest BCUT2D eigenvalue weighted by atomic mass is 9.86. The SMILES string of the molecule is Cc1c[nH]c2ncc(-c3nc(N4CC5CC4C5)c4nc5n(c4n3)CCOC5(C)C)cc12. The zero-order valence-corrected chi connectivity index (χ0v) is 18.0. The Morgan fingerprint density at radius 2 is 2.06 bits per heavy atom. The van der Waals surface area contributed by atoms with Gasteiger partial charge in [0.25, 0.3) is 0 Å². The van der Waals surface area contributed by atoms with Gasteiger partial charge in [0.2, 0.25) is 0 Å². The van der Waals surface area contributed by atoms with Crippen molar-refractivity contribution >= 4 is 28.0 Å². The molecule has 0 amide bonds. The van der Waals surface area contributed by atoms with Crippen LogP contribution in [0.15, 0.2) is 18.5 Å². The topological polar surface area (TPSA) is 84.8 Å². The molecule has 1 aliphatic carbocycles. The number of ether oxygens (including phenoxy) is 1. The van der Waals surface area contributed by atoms with Crippen LogP contribution in [0.5, 0.6) is 0 Å². The van der Waals surface area contributed by atoms with E-state index in [2.05, 4.69) is 46.3 Å². The number of H-pyrrole nitrogens is 1. The van der Waals surface area contributed by atoms with Crippen molar-refractivity contribution in [1.82, 2.24) is 29.5 Å². The van der Waals surface area contributed by atoms with Crippen molar-refractivity contribution in [3.05, 3.63) is 29.8 Å². The molecule has 1 N–H and O–H groups in total. The highest BCUT2D eigenvalue weighted by Gasteiger charge is 2.45. The summed E-state index contributed by atoms with van der Waals surface area (Å²) in [5.74, 6) is 3.40. The molecule has 4 aromatic rings. The van der Waals surface area contributed by atoms with Gasteiger partial charge in [0.1, 0.15) is 17.1 Å². The Hall–Kier alpha value is -3.00. The Kier molecular flexibility index (Phi) is 3.32. The van der Waals surface area contributed by atoms with Gasteiger partial charge in [0.15, 0.2) is 22.8 Å². The summed E-state index contributed by atoms with van der Waals surface area (Å²) >= 11 is 0. The second-order valence-corrected chi connectivity index (χ2v) is 9.72. The molecule has 0 radical (unpaired) electrons. The van der Waals surface area contributed by atoms with Gasteiger partial charge in [0.05, 0.1) is 6.61 Å². The number of aromatic amines is 1. The number of nitrogens with one attached hydrogen (secondary N) is 1. The monoisotopic (exact) mass is 415 g/mol. The highest BCUT2D eigenvalue weighted by molar-refractivity contribution is 5.88. The molecule has 0 aromatic carbocycles. The smallest absolute Gasteiger partial charge is 0.166 e. The van der Waals surface area contributed by atoms with E-state index in [0.717, 1.165) is 58.4 Å². The number of aromatic nitrogens is 6. The first-order chi connectivity index (χ1) is 15.0. The number of anilines is 1. The summed E-state index contributed by atoms with van der Waals surface area (Å²) < 4.78 is 8.25. The number of rotatable bonds is 2. The predicted octanol–water partition coefficient (Wildman–Crippen LogP) is 3.54. The van der Waals surface area contributed by atoms with Gasteiger partial charge < -0.3 is 19.2 Å². The summed E-state index contributed by atoms with van der Waals surface area (Å²) in [4.78, 5) is 25.5. The van der Waals surface area contributed by atoms with Crippen molar-refractivity contribution in [2.45, 2.75) is 51.8 Å². The van der Waals surface area contributed by atoms with Crippen molar-refractivity contribution in [3.8, 4) is 11.4 Å². The molecule has 0 unspecified atom stereocenters. The van der Waals surface area contributed by atoms with Crippen LogP contribution >= 0.6 is 0 Å². The standard InChI is InChI=1S/C23H25N7O/c1-12-9-24-19-16(12)8-14(10-25-19)18-27-20-17(21(28-18)30-11-13-6-15(30)7-13)26-22-23(2,3)31-5-4-29(20)22/h8-10,13,15H,4-7,11H2,1-3H3,(H,24,25). The van der Waals surface area contributed by atoms with E-state index >= 15 is 0 Å². The maximum Gasteiger partial charge on any atom is 0.166 e. The van der Waals surface area contributed by atoms with Crippen LogP contribution in [-0.4, -0.2) is 48.7 Å². The fraction of sp³-hybridized carbons (Fsp3) is 0.478. The molecule has 3 fully saturated rings. The molecule has 7 heterocycles. The Morgan fingerprint density at radius 3 is 2.87 bits per heavy atom. The van der Waals surface area contributed by atoms with E-state index in [1.807, 2.05) is 12.4 Å². The third-order valence-corrected chi connectivity index (χ3v) is 7.27. The molecular formula is C23H25N7O. The summed E-state index contributed by atoms with van der Waals surface area (Å²) in [7, 11) is 0. The first kappa shape index (κ1) is 17.7. The van der Waals surface area contributed by atoms with E-state index in [0.29, 0.717) is 18.5 Å². The number of pyridine rings is 1. The van der Waals surface area contributed by atoms with Gasteiger partial charge in [-0.25, -0.2) is 19.9 Å². The summed E-state index contributed by atoms with van der Waals surface area (Å²) in [5, 5.41) is 1.11. The van der Waals surface area contributed by atoms with E-state index in [1.54, 1.807) is 0 Å². The van der Waals surface area contributed by atoms with Crippen LogP contribution in [0.2, 0.25) is 0 Å². The molecule has 8 nitrogen and oxygen atoms in total. The maximum atomic E-state index is 6.02. The fourth-order valence-electron chi connectivity index (χ4n) is 5.49. The number of imidazole rings is 1. The normalized spacial score (nSPS) is 24.0. The molecule has 3 aliphatic heterocycles. The van der Waals surface area contributed by atoms with Crippen LogP contribution in [-0.2, 0) is 16.9 Å². The number of hydrogen-bond acceptors (Lipinski definition) is 6. The second kappa shape index (κ2) is 5.82. The molecular weight excluding hydrogens is 390 g/mol. The van der Waals surface area contributed by atoms with Crippen molar-refractivity contribution in [2.24, 2.45) is 5.92 Å². The Morgan fingerprint density at radius 1 is 1.19 bits per heavy atom. The van der Waals surface area contributed by atoms with Crippen LogP contribution in [0.4, 0.5) is 5.82 Å². The van der Waals surface area contributed by atoms with Crippen molar-refractivity contribution in [3.63, 3.8) is 0 Å². The minimum Gasteiger partial charge on any atom is -0.366 e. The Bertz CT molecular complexity index is 1360. The molecule has 158 valence electrons. The summed E-state index contributed by atoms with van der Waals surface area (Å²) in [6.07, 6.45) is 6.38. The van der Waals surface area contributed by atoms with Gasteiger partial charge in [-0.05, 0) is 51.2 Å². The molecule has 2 saturated heterocycles. The lowest BCUT2D eigenvalue weighted by Gasteiger charge is -2.30. The van der Waals surface area contributed by atoms with Gasteiger partial charge in [0, 0.05) is 42.5 Å². The van der Waals surface area contributed by atoms with Gasteiger partial charge in [-0.2, -0.15) is 0 Å². The molecule has 31 heavy (non-hydrogen) atoms. The van der Waals surface area contributed by atoms with Crippen molar-refractivity contribution in [1.29, 1.82) is 0 Å². The van der Waals surface area contributed by atoms with Gasteiger partial charge in [-0.15, -0.1) is 0 Å². The summed E-state index contributed by atoms with van der Waals surface area (Å²) in [6, 6.07) is 2.72. The highest BCUT2D eigenvalue weighted by atomic mass is 16.5. The average molecular weight is 416 g/mol. The van der Waals surface area contributed by atoms with Crippen LogP contribution in [0.25, 0.3) is 33.6 Å². The van der Waals surface area contributed by atoms with Crippen LogP contribution in [0.3, 0.4) is 0 Å². The largest absolute Gasteiger partial charge is 0.366 e. The lowest BCUT2D eigenvalue weighted by molar-refractivity contribution is -0.0530. The zero-order chi connectivity index (χ0) is 20.9. The molecule has 4 aliphatic rings. The minimum atomic E-state index is -0.438. The molecule has 1 saturated carbocycles. The number of aryl methyl sites for hydroxylation is 1. The van der Waals surface area contributed by atoms with Crippen LogP contribution in [0, 0.1) is 12.8 Å². The predicted molar refractivity (Wildman–Crippen MR) is 118 cm³/mol. The Labute approximate surface area is 179 Å². The highest BCUT2D eigenvalue weighted by Crippen LogP contribution is 2.45. The molecule has 0 spiro atoms. The van der Waals surface area contributed by atoms with Gasteiger partial charge in [-0.3, -0.25) is 0 Å². The summed E-state index contributed by atoms with van der Waals surface area (Å²) in [5.41, 5.74) is 4.37. The fourth-order valence-corrected chi connectivity index (χ4v) is 5.49. The van der Waals surface area contributed by atoms with E-state index in [4.69, 9.17) is 19.7 Å². The van der Waals surface area contributed by atoms with E-state index in [-0.39, 0.29) is 0 Å². The van der Waals surface area contributed by atoms with Gasteiger partial charge >= 0.3 is 0 Å². The lowest BCUT2D eigenvalue weighted by Crippen LogP contribution is -2.33. The van der Waals surface area contributed by atoms with Crippen LogP contribution < -0.4 is 4.90 Å². The molecule has 8 rings (SSSR count). The third kappa shape index (κ3) is 2.39. The molecule has 0 atom stereocenters. The summed E-state index contributed by atoms with van der Waals surface area (Å²) in [6.45, 7) is 8.73. The second-order valence-electron chi connectivity index (χ2n) is 9.72. The van der Waals surface area contributed by atoms with Gasteiger partial charge in [-0.1, -0.05) is 0 Å². The number of hydrogen-bond donors (Lipinski definition) is 1. The molecule has 8 heteroatoms. The maximum absolute atomic E-state index is 6.02. The van der Waals surface area contributed by atoms with Crippen molar-refractivity contribution < 1.29 is 4.74 Å². The van der Waals surface area contributed by atoms with E-state index in [1.165, 1.54) is 18.4 Å². The third-order valence-electron chi connectivity index (χ3n) is 7.27. The Balaban J connectivity index is 1.49. The van der Waals surface area contributed by atoms with E-state index in [9.17, 15) is 0 Å². The minimum absolute atomic E-state index is 0.438. The first-order valence-corrected chi connectivity index (χ1v) is 11.1. The average Bonchev–Trinajstić information content (AvgIpc) is 3.49. The molecule has 4 aromatic heterocycles. The zero-order valence-electron chi connectivity index (χ0n) is 18.0. The number of fused-ring (bicyclic) bond motifs is 5.